The Morgan fingerprint density at radius 3 is 2.59 bits per heavy atom. The molecule has 5 nitrogen and oxygen atoms in total. The fourth-order valence-electron chi connectivity index (χ4n) is 1.90. The zero-order valence-corrected chi connectivity index (χ0v) is 10.6. The van der Waals surface area contributed by atoms with Gasteiger partial charge in [0.1, 0.15) is 0 Å². The van der Waals surface area contributed by atoms with E-state index in [9.17, 15) is 4.79 Å². The zero-order chi connectivity index (χ0) is 12.6. The fraction of sp³-hybridized carbons (Fsp3) is 0.417. The van der Waals surface area contributed by atoms with Gasteiger partial charge in [0.2, 0.25) is 0 Å². The van der Waals surface area contributed by atoms with E-state index in [0.29, 0.717) is 11.1 Å². The largest absolute Gasteiger partial charge is 0.288 e. The van der Waals surface area contributed by atoms with Gasteiger partial charge in [-0.3, -0.25) is 14.2 Å². The van der Waals surface area contributed by atoms with Crippen LogP contribution in [0.5, 0.6) is 0 Å². The van der Waals surface area contributed by atoms with E-state index in [-0.39, 0.29) is 5.78 Å². The molecular formula is C12H16N4O. The molecule has 0 atom stereocenters. The molecule has 2 aromatic heterocycles. The second-order valence-corrected chi connectivity index (χ2v) is 4.08. The first-order valence-electron chi connectivity index (χ1n) is 5.62. The van der Waals surface area contributed by atoms with Gasteiger partial charge in [-0.1, -0.05) is 0 Å². The molecule has 0 fully saturated rings. The summed E-state index contributed by atoms with van der Waals surface area (Å²) in [5, 5.41) is 8.37. The summed E-state index contributed by atoms with van der Waals surface area (Å²) in [6, 6.07) is 0. The molecule has 2 heterocycles. The molecule has 0 bridgehead atoms. The molecule has 5 heteroatoms. The van der Waals surface area contributed by atoms with Gasteiger partial charge in [0, 0.05) is 25.5 Å². The fourth-order valence-corrected chi connectivity index (χ4v) is 1.90. The molecule has 0 saturated carbocycles. The summed E-state index contributed by atoms with van der Waals surface area (Å²) >= 11 is 0. The molecule has 0 aliphatic heterocycles. The number of aromatic nitrogens is 4. The van der Waals surface area contributed by atoms with E-state index in [0.717, 1.165) is 17.9 Å². The topological polar surface area (TPSA) is 52.7 Å². The van der Waals surface area contributed by atoms with Crippen molar-refractivity contribution in [1.29, 1.82) is 0 Å². The predicted molar refractivity (Wildman–Crippen MR) is 64.0 cm³/mol. The van der Waals surface area contributed by atoms with Gasteiger partial charge in [-0.2, -0.15) is 10.2 Å². The third kappa shape index (κ3) is 1.88. The van der Waals surface area contributed by atoms with Crippen molar-refractivity contribution in [3.8, 4) is 0 Å². The van der Waals surface area contributed by atoms with Gasteiger partial charge < -0.3 is 0 Å². The van der Waals surface area contributed by atoms with Gasteiger partial charge in [0.05, 0.1) is 23.0 Å². The van der Waals surface area contributed by atoms with Gasteiger partial charge in [0.25, 0.3) is 0 Å². The highest BCUT2D eigenvalue weighted by Crippen LogP contribution is 2.16. The highest BCUT2D eigenvalue weighted by atomic mass is 16.1. The normalized spacial score (nSPS) is 10.8. The molecule has 2 rings (SSSR count). The molecule has 90 valence electrons. The number of nitrogens with zero attached hydrogens (tertiary/aromatic N) is 4. The molecule has 0 saturated heterocycles. The smallest absolute Gasteiger partial charge is 0.199 e. The first-order chi connectivity index (χ1) is 8.04. The minimum absolute atomic E-state index is 0.00667. The summed E-state index contributed by atoms with van der Waals surface area (Å²) in [5.41, 5.74) is 2.95. The Morgan fingerprint density at radius 2 is 2.12 bits per heavy atom. The van der Waals surface area contributed by atoms with Crippen molar-refractivity contribution in [1.82, 2.24) is 19.6 Å². The monoisotopic (exact) mass is 232 g/mol. The van der Waals surface area contributed by atoms with E-state index >= 15 is 0 Å². The molecule has 0 unspecified atom stereocenters. The van der Waals surface area contributed by atoms with Crippen LogP contribution in [0.15, 0.2) is 12.4 Å². The van der Waals surface area contributed by atoms with Crippen LogP contribution in [0.1, 0.15) is 34.2 Å². The Balaban J connectivity index is 2.43. The van der Waals surface area contributed by atoms with Gasteiger partial charge in [-0.25, -0.2) is 0 Å². The number of aryl methyl sites for hydroxylation is 3. The Hall–Kier alpha value is -1.91. The maximum Gasteiger partial charge on any atom is 0.199 e. The highest BCUT2D eigenvalue weighted by Gasteiger charge is 2.19. The summed E-state index contributed by atoms with van der Waals surface area (Å²) < 4.78 is 3.47. The van der Waals surface area contributed by atoms with Crippen molar-refractivity contribution < 1.29 is 4.79 Å². The standard InChI is InChI=1S/C12H16N4O/c1-5-16-7-10(6-13-16)12(17)11-8(2)14-15(4)9(11)3/h6-7H,5H2,1-4H3. The third-order valence-electron chi connectivity index (χ3n) is 2.96. The van der Waals surface area contributed by atoms with Crippen LogP contribution in [-0.2, 0) is 13.6 Å². The van der Waals surface area contributed by atoms with E-state index in [4.69, 9.17) is 0 Å². The van der Waals surface area contributed by atoms with Gasteiger partial charge in [0.15, 0.2) is 5.78 Å². The first kappa shape index (κ1) is 11.6. The van der Waals surface area contributed by atoms with Crippen LogP contribution >= 0.6 is 0 Å². The van der Waals surface area contributed by atoms with Crippen LogP contribution in [-0.4, -0.2) is 25.3 Å². The van der Waals surface area contributed by atoms with E-state index in [1.54, 1.807) is 21.8 Å². The molecule has 17 heavy (non-hydrogen) atoms. The van der Waals surface area contributed by atoms with Crippen molar-refractivity contribution in [2.24, 2.45) is 7.05 Å². The lowest BCUT2D eigenvalue weighted by Gasteiger charge is -1.98. The molecule has 0 amide bonds. The SMILES string of the molecule is CCn1cc(C(=O)c2c(C)nn(C)c2C)cn1. The van der Waals surface area contributed by atoms with E-state index in [1.807, 2.05) is 27.8 Å². The van der Waals surface area contributed by atoms with Crippen LogP contribution in [0.3, 0.4) is 0 Å². The Kier molecular flexibility index (Phi) is 2.83. The van der Waals surface area contributed by atoms with Crippen molar-refractivity contribution in [3.63, 3.8) is 0 Å². The summed E-state index contributed by atoms with van der Waals surface area (Å²) in [6.45, 7) is 6.50. The number of carbonyl (C=O) groups excluding carboxylic acids is 1. The van der Waals surface area contributed by atoms with Gasteiger partial charge >= 0.3 is 0 Å². The van der Waals surface area contributed by atoms with Crippen LogP contribution in [0.4, 0.5) is 0 Å². The third-order valence-corrected chi connectivity index (χ3v) is 2.96. The summed E-state index contributed by atoms with van der Waals surface area (Å²) in [4.78, 5) is 12.3. The predicted octanol–water partition coefficient (Wildman–Crippen LogP) is 1.48. The summed E-state index contributed by atoms with van der Waals surface area (Å²) in [6.07, 6.45) is 3.38. The lowest BCUT2D eigenvalue weighted by Crippen LogP contribution is -2.04. The van der Waals surface area contributed by atoms with E-state index in [1.165, 1.54) is 0 Å². The van der Waals surface area contributed by atoms with E-state index < -0.39 is 0 Å². The molecule has 0 spiro atoms. The lowest BCUT2D eigenvalue weighted by molar-refractivity contribution is 0.103. The zero-order valence-electron chi connectivity index (χ0n) is 10.6. The molecular weight excluding hydrogens is 216 g/mol. The number of hydrogen-bond acceptors (Lipinski definition) is 3. The minimum atomic E-state index is -0.00667. The van der Waals surface area contributed by atoms with Crippen molar-refractivity contribution in [3.05, 3.63) is 34.9 Å². The highest BCUT2D eigenvalue weighted by molar-refractivity contribution is 6.10. The van der Waals surface area contributed by atoms with Gasteiger partial charge in [-0.15, -0.1) is 0 Å². The lowest BCUT2D eigenvalue weighted by atomic mass is 10.0. The molecule has 0 N–H and O–H groups in total. The Morgan fingerprint density at radius 1 is 1.41 bits per heavy atom. The van der Waals surface area contributed by atoms with Crippen LogP contribution in [0.25, 0.3) is 0 Å². The molecule has 0 aliphatic rings. The number of carbonyl (C=O) groups is 1. The Labute approximate surface area is 100 Å². The summed E-state index contributed by atoms with van der Waals surface area (Å²) in [7, 11) is 1.84. The summed E-state index contributed by atoms with van der Waals surface area (Å²) in [5.74, 6) is -0.00667. The minimum Gasteiger partial charge on any atom is -0.288 e. The maximum atomic E-state index is 12.3. The van der Waals surface area contributed by atoms with Crippen LogP contribution in [0.2, 0.25) is 0 Å². The van der Waals surface area contributed by atoms with E-state index in [2.05, 4.69) is 10.2 Å². The number of hydrogen-bond donors (Lipinski definition) is 0. The van der Waals surface area contributed by atoms with Crippen molar-refractivity contribution in [2.75, 3.05) is 0 Å². The average molecular weight is 232 g/mol. The molecule has 0 radical (unpaired) electrons. The van der Waals surface area contributed by atoms with Crippen LogP contribution < -0.4 is 0 Å². The average Bonchev–Trinajstić information content (AvgIpc) is 2.85. The maximum absolute atomic E-state index is 12.3. The molecule has 2 aromatic rings. The van der Waals surface area contributed by atoms with Crippen molar-refractivity contribution in [2.45, 2.75) is 27.3 Å². The van der Waals surface area contributed by atoms with Gasteiger partial charge in [-0.05, 0) is 20.8 Å². The number of ketones is 1. The molecule has 0 aliphatic carbocycles. The Bertz CT molecular complexity index is 565. The number of rotatable bonds is 3. The van der Waals surface area contributed by atoms with Crippen molar-refractivity contribution >= 4 is 5.78 Å². The second kappa shape index (κ2) is 4.16. The second-order valence-electron chi connectivity index (χ2n) is 4.08. The quantitative estimate of drug-likeness (QED) is 0.753. The molecule has 0 aromatic carbocycles. The van der Waals surface area contributed by atoms with Crippen LogP contribution in [0, 0.1) is 13.8 Å². The first-order valence-corrected chi connectivity index (χ1v) is 5.62.